The average molecular weight is 518 g/mol. The highest BCUT2D eigenvalue weighted by Gasteiger charge is 2.41. The van der Waals surface area contributed by atoms with Crippen LogP contribution in [-0.2, 0) is 10.3 Å². The van der Waals surface area contributed by atoms with Gasteiger partial charge in [-0.3, -0.25) is 0 Å². The van der Waals surface area contributed by atoms with Crippen LogP contribution in [-0.4, -0.2) is 78.6 Å². The van der Waals surface area contributed by atoms with E-state index in [1.807, 2.05) is 35.2 Å². The van der Waals surface area contributed by atoms with Crippen molar-refractivity contribution in [2.45, 2.75) is 82.3 Å². The van der Waals surface area contributed by atoms with Crippen molar-refractivity contribution in [2.24, 2.45) is 11.8 Å². The van der Waals surface area contributed by atoms with Crippen LogP contribution in [0.5, 0.6) is 0 Å². The lowest BCUT2D eigenvalue weighted by molar-refractivity contribution is -0.0564. The van der Waals surface area contributed by atoms with Crippen LogP contribution in [0.1, 0.15) is 76.2 Å². The number of ether oxygens (including phenoxy) is 1. The molecule has 1 aliphatic carbocycles. The largest absolute Gasteiger partial charge is 0.465 e. The molecule has 0 aromatic heterocycles. The van der Waals surface area contributed by atoms with Gasteiger partial charge in [-0.25, -0.2) is 9.59 Å². The zero-order valence-corrected chi connectivity index (χ0v) is 22.7. The van der Waals surface area contributed by atoms with Crippen LogP contribution in [0.25, 0.3) is 0 Å². The number of urea groups is 1. The van der Waals surface area contributed by atoms with Gasteiger partial charge in [0, 0.05) is 52.4 Å². The van der Waals surface area contributed by atoms with Crippen molar-refractivity contribution in [3.8, 4) is 0 Å². The number of likely N-dealkylation sites (tertiary alicyclic amines) is 1. The molecule has 1 saturated carbocycles. The third kappa shape index (κ3) is 8.60. The molecular weight excluding hydrogens is 470 g/mol. The van der Waals surface area contributed by atoms with Gasteiger partial charge in [0.25, 0.3) is 0 Å². The van der Waals surface area contributed by atoms with Crippen molar-refractivity contribution in [3.05, 3.63) is 35.9 Å². The van der Waals surface area contributed by atoms with Crippen LogP contribution >= 0.6 is 0 Å². The molecule has 1 aromatic rings. The molecule has 8 heteroatoms. The van der Waals surface area contributed by atoms with Crippen LogP contribution in [0.3, 0.4) is 0 Å². The Kier molecular flexibility index (Phi) is 11.5. The average Bonchev–Trinajstić information content (AvgIpc) is 2.92. The number of carboxylic acid groups (broad SMARTS) is 1. The molecule has 1 saturated heterocycles. The van der Waals surface area contributed by atoms with E-state index in [9.17, 15) is 19.8 Å². The number of piperidine rings is 1. The summed E-state index contributed by atoms with van der Waals surface area (Å²) in [6.07, 6.45) is 9.78. The summed E-state index contributed by atoms with van der Waals surface area (Å²) < 4.78 is 5.21. The Bertz CT molecular complexity index is 832. The molecule has 1 heterocycles. The van der Waals surface area contributed by atoms with Gasteiger partial charge in [0.1, 0.15) is 0 Å². The minimum Gasteiger partial charge on any atom is -0.465 e. The number of likely N-dealkylation sites (N-methyl/N-ethyl adjacent to an activating group) is 1. The number of unbranched alkanes of at least 4 members (excludes halogenated alkanes) is 1. The summed E-state index contributed by atoms with van der Waals surface area (Å²) in [6.45, 7) is 2.06. The number of nitrogens with one attached hydrogen (secondary N) is 1. The third-order valence-corrected chi connectivity index (χ3v) is 8.31. The van der Waals surface area contributed by atoms with E-state index in [2.05, 4.69) is 5.32 Å². The van der Waals surface area contributed by atoms with Crippen LogP contribution < -0.4 is 5.32 Å². The summed E-state index contributed by atoms with van der Waals surface area (Å²) in [4.78, 5) is 28.0. The monoisotopic (exact) mass is 517 g/mol. The molecule has 1 aromatic carbocycles. The molecule has 3 rings (SSSR count). The highest BCUT2D eigenvalue weighted by atomic mass is 16.5. The second kappa shape index (κ2) is 14.6. The minimum absolute atomic E-state index is 0.0737. The summed E-state index contributed by atoms with van der Waals surface area (Å²) >= 11 is 0. The van der Waals surface area contributed by atoms with Gasteiger partial charge in [-0.2, -0.15) is 0 Å². The van der Waals surface area contributed by atoms with Gasteiger partial charge >= 0.3 is 12.1 Å². The highest BCUT2D eigenvalue weighted by Crippen LogP contribution is 2.39. The van der Waals surface area contributed by atoms with Crippen molar-refractivity contribution in [2.75, 3.05) is 40.4 Å². The van der Waals surface area contributed by atoms with Gasteiger partial charge in [-0.05, 0) is 50.0 Å². The lowest BCUT2D eigenvalue weighted by atomic mass is 9.74. The zero-order chi connectivity index (χ0) is 26.7. The van der Waals surface area contributed by atoms with E-state index >= 15 is 0 Å². The van der Waals surface area contributed by atoms with E-state index < -0.39 is 11.7 Å². The van der Waals surface area contributed by atoms with E-state index in [1.165, 1.54) is 24.2 Å². The van der Waals surface area contributed by atoms with E-state index in [1.54, 1.807) is 14.2 Å². The number of carbonyl (C=O) groups is 2. The maximum atomic E-state index is 13.5. The Morgan fingerprint density at radius 1 is 1.14 bits per heavy atom. The second-order valence-corrected chi connectivity index (χ2v) is 11.1. The molecule has 3 amide bonds. The van der Waals surface area contributed by atoms with Crippen LogP contribution in [0, 0.1) is 11.8 Å². The minimum atomic E-state index is -1.01. The molecule has 8 nitrogen and oxygen atoms in total. The normalized spacial score (nSPS) is 21.2. The number of methoxy groups -OCH3 is 1. The molecule has 0 radical (unpaired) electrons. The second-order valence-electron chi connectivity index (χ2n) is 11.1. The number of amides is 3. The molecule has 3 N–H and O–H groups in total. The maximum absolute atomic E-state index is 13.5. The number of hydrogen-bond acceptors (Lipinski definition) is 4. The predicted octanol–water partition coefficient (Wildman–Crippen LogP) is 5.06. The summed E-state index contributed by atoms with van der Waals surface area (Å²) in [6, 6.07) is 9.46. The molecule has 2 fully saturated rings. The number of carbonyl (C=O) groups excluding carboxylic acids is 1. The fourth-order valence-corrected chi connectivity index (χ4v) is 6.18. The maximum Gasteiger partial charge on any atom is 0.407 e. The summed E-state index contributed by atoms with van der Waals surface area (Å²) in [5.41, 5.74) is -0.114. The quantitative estimate of drug-likeness (QED) is 0.336. The SMILES string of the molecule is COCCCC[C@@](O)(c1ccccc1)[C@@H]1CCCN(C(=O)N[C@@H](CC2CCCCC2)CN(C)C(=O)O)C1. The molecule has 208 valence electrons. The molecule has 0 bridgehead atoms. The van der Waals surface area contributed by atoms with Crippen molar-refractivity contribution in [1.29, 1.82) is 0 Å². The summed E-state index contributed by atoms with van der Waals surface area (Å²) in [5, 5.41) is 24.6. The van der Waals surface area contributed by atoms with Crippen LogP contribution in [0.2, 0.25) is 0 Å². The topological polar surface area (TPSA) is 102 Å². The van der Waals surface area contributed by atoms with Gasteiger partial charge < -0.3 is 30.1 Å². The fraction of sp³-hybridized carbons (Fsp3) is 0.724. The lowest BCUT2D eigenvalue weighted by Gasteiger charge is -2.43. The number of hydrogen-bond donors (Lipinski definition) is 3. The highest BCUT2D eigenvalue weighted by molar-refractivity contribution is 5.75. The van der Waals surface area contributed by atoms with Gasteiger partial charge in [-0.1, -0.05) is 62.4 Å². The molecule has 1 aliphatic heterocycles. The molecule has 2 aliphatic rings. The molecule has 37 heavy (non-hydrogen) atoms. The number of aliphatic hydroxyl groups is 1. The van der Waals surface area contributed by atoms with E-state index in [0.29, 0.717) is 32.0 Å². The zero-order valence-electron chi connectivity index (χ0n) is 22.7. The summed E-state index contributed by atoms with van der Waals surface area (Å²) in [5.74, 6) is 0.445. The Morgan fingerprint density at radius 3 is 2.54 bits per heavy atom. The van der Waals surface area contributed by atoms with Crippen molar-refractivity contribution >= 4 is 12.1 Å². The van der Waals surface area contributed by atoms with Crippen LogP contribution in [0.4, 0.5) is 9.59 Å². The first-order chi connectivity index (χ1) is 17.8. The first-order valence-electron chi connectivity index (χ1n) is 14.1. The number of rotatable bonds is 12. The lowest BCUT2D eigenvalue weighted by Crippen LogP contribution is -2.54. The molecule has 0 spiro atoms. The molecule has 3 atom stereocenters. The van der Waals surface area contributed by atoms with Crippen molar-refractivity contribution in [3.63, 3.8) is 0 Å². The van der Waals surface area contributed by atoms with E-state index in [-0.39, 0.29) is 24.5 Å². The van der Waals surface area contributed by atoms with Gasteiger partial charge in [0.15, 0.2) is 0 Å². The van der Waals surface area contributed by atoms with Crippen molar-refractivity contribution < 1.29 is 24.5 Å². The standard InChI is InChI=1S/C29H47N3O5/c1-31(28(34)35)22-26(20-23-12-5-3-6-13-23)30-27(33)32-18-11-16-25(21-32)29(36,17-9-10-19-37-2)24-14-7-4-8-15-24/h4,7-8,14-15,23,25-26,36H,3,5-6,9-13,16-22H2,1-2H3,(H,30,33)(H,34,35)/t25-,26+,29-/m1/s1. The number of benzene rings is 1. The Hall–Kier alpha value is -2.32. The fourth-order valence-electron chi connectivity index (χ4n) is 6.18. The first kappa shape index (κ1) is 29.2. The van der Waals surface area contributed by atoms with Crippen molar-refractivity contribution in [1.82, 2.24) is 15.1 Å². The summed E-state index contributed by atoms with van der Waals surface area (Å²) in [7, 11) is 3.25. The number of nitrogens with zero attached hydrogens (tertiary/aromatic N) is 2. The van der Waals surface area contributed by atoms with Gasteiger partial charge in [0.05, 0.1) is 5.60 Å². The van der Waals surface area contributed by atoms with Gasteiger partial charge in [0.2, 0.25) is 0 Å². The Balaban J connectivity index is 1.69. The molecule has 0 unspecified atom stereocenters. The Labute approximate surface area is 222 Å². The van der Waals surface area contributed by atoms with Gasteiger partial charge in [-0.15, -0.1) is 0 Å². The Morgan fingerprint density at radius 2 is 1.86 bits per heavy atom. The first-order valence-corrected chi connectivity index (χ1v) is 14.1. The smallest absolute Gasteiger partial charge is 0.407 e. The molecular formula is C29H47N3O5. The van der Waals surface area contributed by atoms with E-state index in [4.69, 9.17) is 4.74 Å². The predicted molar refractivity (Wildman–Crippen MR) is 145 cm³/mol. The van der Waals surface area contributed by atoms with E-state index in [0.717, 1.165) is 50.5 Å². The van der Waals surface area contributed by atoms with Crippen LogP contribution in [0.15, 0.2) is 30.3 Å². The third-order valence-electron chi connectivity index (χ3n) is 8.31.